The molecule has 496 valence electrons. The Hall–Kier alpha value is -8.71. The average molecular weight is 1280 g/mol. The highest BCUT2D eigenvalue weighted by atomic mass is 32.2. The lowest BCUT2D eigenvalue weighted by molar-refractivity contribution is -0.150. The Bertz CT molecular complexity index is 2930. The molecular weight excluding hydrogens is 1180 g/mol. The maximum atomic E-state index is 14.7. The summed E-state index contributed by atoms with van der Waals surface area (Å²) in [5.41, 5.74) is 48.1. The van der Waals surface area contributed by atoms with Crippen molar-refractivity contribution in [2.75, 3.05) is 44.7 Å². The fraction of sp³-hybridized carbons (Fsp3) is 0.559. The van der Waals surface area contributed by atoms with E-state index in [2.05, 4.69) is 57.2 Å². The minimum absolute atomic E-state index is 0.00283. The Morgan fingerprint density at radius 1 is 0.589 bits per heavy atom. The highest BCUT2D eigenvalue weighted by Gasteiger charge is 2.40. The number of carboxylic acid groups (broad SMARTS) is 1. The van der Waals surface area contributed by atoms with Gasteiger partial charge in [-0.1, -0.05) is 62.4 Å². The summed E-state index contributed by atoms with van der Waals surface area (Å²) in [5.74, 6) is -7.95. The molecule has 0 saturated carbocycles. The van der Waals surface area contributed by atoms with Gasteiger partial charge in [-0.3, -0.25) is 53.3 Å². The van der Waals surface area contributed by atoms with E-state index in [0.717, 1.165) is 16.5 Å². The first-order chi connectivity index (χ1) is 42.9. The van der Waals surface area contributed by atoms with Crippen LogP contribution in [0.25, 0.3) is 10.9 Å². The smallest absolute Gasteiger partial charge is 0.326 e. The molecule has 1 aliphatic heterocycles. The molecule has 0 bridgehead atoms. The van der Waals surface area contributed by atoms with Crippen LogP contribution in [0, 0.1) is 5.92 Å². The highest BCUT2D eigenvalue weighted by Crippen LogP contribution is 2.22. The third-order valence-corrected chi connectivity index (χ3v) is 15.6. The second kappa shape index (κ2) is 38.6. The molecule has 8 amide bonds. The molecule has 2 heterocycles. The number of hydrogen-bond acceptors (Lipinski definition) is 15. The molecule has 4 rings (SSSR count). The number of carbonyl (C=O) groups is 9. The van der Waals surface area contributed by atoms with Crippen molar-refractivity contribution in [3.63, 3.8) is 0 Å². The van der Waals surface area contributed by atoms with Gasteiger partial charge in [-0.2, -0.15) is 11.8 Å². The van der Waals surface area contributed by atoms with Gasteiger partial charge in [-0.25, -0.2) is 4.79 Å². The summed E-state index contributed by atoms with van der Waals surface area (Å²) in [6, 6.07) is 5.28. The van der Waals surface area contributed by atoms with Gasteiger partial charge in [0.15, 0.2) is 17.9 Å². The third-order valence-electron chi connectivity index (χ3n) is 15.0. The molecule has 1 fully saturated rings. The molecule has 3 aromatic rings. The topological polar surface area (TPSA) is 522 Å². The summed E-state index contributed by atoms with van der Waals surface area (Å²) in [6.07, 6.45) is 5.43. The molecule has 1 saturated heterocycles. The normalized spacial score (nSPS) is 15.5. The number of carbonyl (C=O) groups excluding carboxylic acids is 8. The van der Waals surface area contributed by atoms with Crippen LogP contribution in [0.5, 0.6) is 0 Å². The van der Waals surface area contributed by atoms with Crippen molar-refractivity contribution in [2.45, 2.75) is 158 Å². The van der Waals surface area contributed by atoms with Crippen LogP contribution in [0.3, 0.4) is 0 Å². The van der Waals surface area contributed by atoms with Crippen LogP contribution < -0.4 is 83.1 Å². The van der Waals surface area contributed by atoms with Gasteiger partial charge in [0.2, 0.25) is 47.3 Å². The van der Waals surface area contributed by atoms with Gasteiger partial charge >= 0.3 is 5.97 Å². The van der Waals surface area contributed by atoms with Crippen molar-refractivity contribution in [1.82, 2.24) is 47.1 Å². The number of H-pyrrole nitrogens is 1. The van der Waals surface area contributed by atoms with E-state index in [0.29, 0.717) is 30.6 Å². The lowest BCUT2D eigenvalue weighted by Gasteiger charge is -2.31. The number of rotatable bonds is 40. The molecule has 90 heavy (non-hydrogen) atoms. The summed E-state index contributed by atoms with van der Waals surface area (Å²) >= 11 is 1.40. The minimum Gasteiger partial charge on any atom is -0.480 e. The van der Waals surface area contributed by atoms with Gasteiger partial charge in [0.25, 0.3) is 0 Å². The Morgan fingerprint density at radius 3 is 1.50 bits per heavy atom. The van der Waals surface area contributed by atoms with Gasteiger partial charge in [-0.05, 0) is 125 Å². The summed E-state index contributed by atoms with van der Waals surface area (Å²) < 4.78 is 0. The molecule has 2 aromatic carbocycles. The Kier molecular flexibility index (Phi) is 31.7. The first kappa shape index (κ1) is 73.8. The average Bonchev–Trinajstić information content (AvgIpc) is 1.71. The first-order valence-electron chi connectivity index (χ1n) is 30.3. The summed E-state index contributed by atoms with van der Waals surface area (Å²) in [7, 11) is 0. The summed E-state index contributed by atoms with van der Waals surface area (Å²) in [4.78, 5) is 144. The largest absolute Gasteiger partial charge is 0.480 e. The number of thioether (sulfide) groups is 1. The van der Waals surface area contributed by atoms with E-state index in [4.69, 9.17) is 45.9 Å². The lowest BCUT2D eigenvalue weighted by Crippen LogP contribution is -2.60. The van der Waals surface area contributed by atoms with Crippen LogP contribution >= 0.6 is 11.8 Å². The van der Waals surface area contributed by atoms with Crippen LogP contribution in [0.15, 0.2) is 75.8 Å². The molecule has 1 aromatic heterocycles. The van der Waals surface area contributed by atoms with E-state index in [1.54, 1.807) is 20.0 Å². The molecule has 25 N–H and O–H groups in total. The van der Waals surface area contributed by atoms with Crippen molar-refractivity contribution >= 4 is 93.8 Å². The number of aromatic nitrogens is 1. The summed E-state index contributed by atoms with van der Waals surface area (Å²) in [5, 5.41) is 30.0. The zero-order chi connectivity index (χ0) is 66.3. The van der Waals surface area contributed by atoms with Crippen molar-refractivity contribution in [2.24, 2.45) is 66.8 Å². The highest BCUT2D eigenvalue weighted by molar-refractivity contribution is 7.98. The second-order valence-corrected chi connectivity index (χ2v) is 23.4. The fourth-order valence-electron chi connectivity index (χ4n) is 10.1. The predicted molar refractivity (Wildman–Crippen MR) is 346 cm³/mol. The van der Waals surface area contributed by atoms with Gasteiger partial charge < -0.3 is 98.1 Å². The number of fused-ring (bicyclic) bond motifs is 1. The van der Waals surface area contributed by atoms with Gasteiger partial charge in [0.05, 0.1) is 6.04 Å². The molecule has 30 nitrogen and oxygen atoms in total. The molecule has 0 spiro atoms. The number of unbranched alkanes of at least 4 members (excludes halogenated alkanes) is 1. The zero-order valence-corrected chi connectivity index (χ0v) is 52.4. The van der Waals surface area contributed by atoms with E-state index < -0.39 is 114 Å². The molecule has 9 atom stereocenters. The van der Waals surface area contributed by atoms with E-state index in [9.17, 15) is 48.3 Å². The van der Waals surface area contributed by atoms with Gasteiger partial charge in [0.1, 0.15) is 48.3 Å². The first-order valence-corrected chi connectivity index (χ1v) is 31.7. The van der Waals surface area contributed by atoms with Gasteiger partial charge in [-0.15, -0.1) is 0 Å². The maximum absolute atomic E-state index is 14.7. The number of guanidine groups is 3. The van der Waals surface area contributed by atoms with Crippen molar-refractivity contribution in [1.29, 1.82) is 0 Å². The van der Waals surface area contributed by atoms with Crippen LogP contribution in [-0.2, 0) is 56.0 Å². The second-order valence-electron chi connectivity index (χ2n) is 22.4. The number of nitrogens with one attached hydrogen (secondary N) is 8. The third kappa shape index (κ3) is 25.0. The van der Waals surface area contributed by atoms with Crippen LogP contribution in [-0.4, -0.2) is 185 Å². The predicted octanol–water partition coefficient (Wildman–Crippen LogP) is -2.55. The van der Waals surface area contributed by atoms with E-state index in [-0.39, 0.29) is 121 Å². The number of nitrogens with two attached hydrogens (primary N) is 8. The fourth-order valence-corrected chi connectivity index (χ4v) is 10.6. The number of benzene rings is 2. The standard InChI is InChI=1S/C59H94N20O10S/c1-34(2)47(55(87)79-29-14-23-46(79)56(88)89)78-53(85)43(22-13-28-70-59(66)67)75-49(81)40(19-9-10-25-60)72-50(82)41(20-11-26-68-57(62)63)73-51(83)42(21-12-27-69-58(64)65)74-52(84)44(24-30-90-3)76-54(86)45(32-36-33-71-39-18-8-7-17-37(36)39)77-48(80)38(61)31-35-15-5-4-6-16-35/h4-8,15-18,33-34,38,40-47,71H,9-14,19-32,60-61H2,1-3H3,(H,72,82)(H,73,83)(H,74,84)(H,75,81)(H,76,86)(H,77,80)(H,78,85)(H,88,89)(H4,62,63,68)(H4,64,65,69)(H4,66,67,70)/t38-,40-,41-,42-,43-,44-,45-,46-,47-/m0/s1. The summed E-state index contributed by atoms with van der Waals surface area (Å²) in [6.45, 7) is 3.88. The number of nitrogens with zero attached hydrogens (tertiary/aromatic N) is 4. The van der Waals surface area contributed by atoms with E-state index >= 15 is 0 Å². The van der Waals surface area contributed by atoms with Crippen LogP contribution in [0.4, 0.5) is 0 Å². The molecule has 0 radical (unpaired) electrons. The monoisotopic (exact) mass is 1270 g/mol. The molecular formula is C59H94N20O10S. The number of aliphatic carboxylic acids is 1. The number of amides is 8. The molecule has 31 heteroatoms. The van der Waals surface area contributed by atoms with Crippen molar-refractivity contribution < 1.29 is 48.3 Å². The Labute approximate surface area is 528 Å². The SMILES string of the molecule is CSCC[C@H](NC(=O)[C@H](Cc1c[nH]c2ccccc12)NC(=O)[C@@H](N)Cc1ccccc1)C(=O)N[C@@H](CCCN=C(N)N)C(=O)N[C@@H](CCCN=C(N)N)C(=O)N[C@@H](CCCCN)C(=O)N[C@@H](CCCN=C(N)N)C(=O)N[C@H](C(=O)N1CCC[C@H]1C(=O)O)C(C)C. The minimum atomic E-state index is -1.42. The van der Waals surface area contributed by atoms with Crippen molar-refractivity contribution in [3.8, 4) is 0 Å². The Balaban J connectivity index is 1.65. The molecule has 0 aliphatic carbocycles. The molecule has 0 unspecified atom stereocenters. The number of aromatic amines is 1. The van der Waals surface area contributed by atoms with Crippen LogP contribution in [0.1, 0.15) is 102 Å². The maximum Gasteiger partial charge on any atom is 0.326 e. The Morgan fingerprint density at radius 2 is 1.03 bits per heavy atom. The van der Waals surface area contributed by atoms with E-state index in [1.165, 1.54) is 16.7 Å². The van der Waals surface area contributed by atoms with Gasteiger partial charge in [0, 0.05) is 49.7 Å². The zero-order valence-electron chi connectivity index (χ0n) is 51.6. The number of para-hydroxylation sites is 1. The molecule has 1 aliphatic rings. The quantitative estimate of drug-likeness (QED) is 0.0158. The number of hydrogen-bond donors (Lipinski definition) is 17. The lowest BCUT2D eigenvalue weighted by atomic mass is 10.0. The number of aliphatic imine (C=N–C) groups is 3. The van der Waals surface area contributed by atoms with Crippen LogP contribution in [0.2, 0.25) is 0 Å². The van der Waals surface area contributed by atoms with Crippen molar-refractivity contribution in [3.05, 3.63) is 71.9 Å². The number of carboxylic acids is 1. The van der Waals surface area contributed by atoms with E-state index in [1.807, 2.05) is 60.9 Å². The number of likely N-dealkylation sites (tertiary alicyclic amines) is 1.